The summed E-state index contributed by atoms with van der Waals surface area (Å²) in [6.07, 6.45) is 6.06. The van der Waals surface area contributed by atoms with E-state index in [-0.39, 0.29) is 5.78 Å². The van der Waals surface area contributed by atoms with Crippen molar-refractivity contribution in [1.82, 2.24) is 4.98 Å². The van der Waals surface area contributed by atoms with Crippen molar-refractivity contribution < 1.29 is 14.3 Å². The molecular weight excluding hydrogens is 350 g/mol. The molecule has 0 saturated carbocycles. The number of aryl methyl sites for hydroxylation is 1. The van der Waals surface area contributed by atoms with Crippen molar-refractivity contribution in [2.45, 2.75) is 26.7 Å². The molecule has 1 heterocycles. The van der Waals surface area contributed by atoms with Gasteiger partial charge in [0.15, 0.2) is 5.78 Å². The third-order valence-electron chi connectivity index (χ3n) is 4.35. The number of aromatic nitrogens is 1. The van der Waals surface area contributed by atoms with Crippen LogP contribution in [0.5, 0.6) is 5.75 Å². The molecule has 0 unspecified atom stereocenters. The Kier molecular flexibility index (Phi) is 6.70. The summed E-state index contributed by atoms with van der Waals surface area (Å²) in [5, 5.41) is 1.47. The fourth-order valence-corrected chi connectivity index (χ4v) is 2.91. The highest BCUT2D eigenvalue weighted by atomic mass is 35.5. The zero-order valence-corrected chi connectivity index (χ0v) is 16.4. The summed E-state index contributed by atoms with van der Waals surface area (Å²) in [5.41, 5.74) is 3.31. The zero-order valence-electron chi connectivity index (χ0n) is 15.6. The van der Waals surface area contributed by atoms with Gasteiger partial charge in [-0.1, -0.05) is 24.3 Å². The second-order valence-corrected chi connectivity index (χ2v) is 6.37. The minimum atomic E-state index is 0.0505. The van der Waals surface area contributed by atoms with Gasteiger partial charge in [-0.25, -0.2) is 0 Å². The number of ether oxygens (including phenoxy) is 2. The summed E-state index contributed by atoms with van der Waals surface area (Å²) >= 11 is 6.01. The molecule has 2 aromatic rings. The minimum absolute atomic E-state index is 0.0505. The highest BCUT2D eigenvalue weighted by Crippen LogP contribution is 2.29. The van der Waals surface area contributed by atoms with Crippen LogP contribution in [0, 0.1) is 6.92 Å². The van der Waals surface area contributed by atoms with E-state index in [9.17, 15) is 4.79 Å². The second kappa shape index (κ2) is 8.77. The largest absolute Gasteiger partial charge is 0.496 e. The summed E-state index contributed by atoms with van der Waals surface area (Å²) in [5.74, 6) is 1.43. The van der Waals surface area contributed by atoms with E-state index in [4.69, 9.17) is 21.1 Å². The Bertz CT molecular complexity index is 890. The molecule has 1 aromatic carbocycles. The van der Waals surface area contributed by atoms with Crippen molar-refractivity contribution in [2.24, 2.45) is 0 Å². The first-order chi connectivity index (χ1) is 12.4. The van der Waals surface area contributed by atoms with Crippen molar-refractivity contribution in [1.29, 1.82) is 0 Å². The Balaban J connectivity index is 2.16. The molecule has 0 aliphatic rings. The smallest absolute Gasteiger partial charge is 0.165 e. The average molecular weight is 374 g/mol. The predicted octanol–water partition coefficient (Wildman–Crippen LogP) is 5.68. The number of carbonyl (C=O) groups is 1. The highest BCUT2D eigenvalue weighted by Gasteiger charge is 2.16. The first kappa shape index (κ1) is 19.9. The number of rotatable bonds is 8. The summed E-state index contributed by atoms with van der Waals surface area (Å²) < 4.78 is 10.7. The molecule has 0 aliphatic carbocycles. The number of halogens is 1. The topological polar surface area (TPSA) is 51.3 Å². The number of hydrogen-bond donors (Lipinski definition) is 1. The number of hydrogen-bond acceptors (Lipinski definition) is 3. The number of allylic oxidation sites excluding steroid dienone is 4. The molecule has 0 bridgehead atoms. The van der Waals surface area contributed by atoms with Crippen LogP contribution < -0.4 is 4.74 Å². The fraction of sp³-hybridized carbons (Fsp3) is 0.286. The molecule has 0 radical (unpaired) electrons. The first-order valence-electron chi connectivity index (χ1n) is 8.36. The van der Waals surface area contributed by atoms with Gasteiger partial charge in [-0.05, 0) is 44.1 Å². The van der Waals surface area contributed by atoms with Crippen LogP contribution in [0.2, 0.25) is 0 Å². The van der Waals surface area contributed by atoms with E-state index in [1.54, 1.807) is 32.6 Å². The van der Waals surface area contributed by atoms with Crippen LogP contribution in [0.25, 0.3) is 10.9 Å². The van der Waals surface area contributed by atoms with Crippen LogP contribution >= 0.6 is 11.6 Å². The van der Waals surface area contributed by atoms with Crippen molar-refractivity contribution in [2.75, 3.05) is 14.2 Å². The van der Waals surface area contributed by atoms with Gasteiger partial charge in [0.05, 0.1) is 19.7 Å². The maximum absolute atomic E-state index is 12.7. The number of Topliss-reactive ketones (excluding diaryl/α,β-unsaturated/α-hetero) is 1. The van der Waals surface area contributed by atoms with Crippen molar-refractivity contribution in [3.63, 3.8) is 0 Å². The molecule has 0 amide bonds. The molecule has 1 N–H and O–H groups in total. The van der Waals surface area contributed by atoms with Crippen LogP contribution in [0.4, 0.5) is 0 Å². The Morgan fingerprint density at radius 1 is 1.31 bits per heavy atom. The molecule has 0 saturated heterocycles. The second-order valence-electron chi connectivity index (χ2n) is 5.93. The zero-order chi connectivity index (χ0) is 19.3. The third kappa shape index (κ3) is 4.20. The number of H-pyrrole nitrogens is 1. The summed E-state index contributed by atoms with van der Waals surface area (Å²) in [6, 6.07) is 3.79. The maximum atomic E-state index is 12.7. The lowest BCUT2D eigenvalue weighted by Crippen LogP contribution is -2.01. The molecule has 0 spiro atoms. The highest BCUT2D eigenvalue weighted by molar-refractivity contribution is 6.31. The molecule has 138 valence electrons. The van der Waals surface area contributed by atoms with Crippen LogP contribution in [0.3, 0.4) is 0 Å². The van der Waals surface area contributed by atoms with Gasteiger partial charge in [0.2, 0.25) is 0 Å². The Morgan fingerprint density at radius 2 is 2.04 bits per heavy atom. The normalized spacial score (nSPS) is 12.3. The number of ketones is 1. The van der Waals surface area contributed by atoms with Crippen LogP contribution in [-0.4, -0.2) is 25.0 Å². The van der Waals surface area contributed by atoms with Crippen molar-refractivity contribution in [3.05, 3.63) is 64.6 Å². The monoisotopic (exact) mass is 373 g/mol. The summed E-state index contributed by atoms with van der Waals surface area (Å²) in [7, 11) is 3.20. The Labute approximate surface area is 159 Å². The molecular formula is C21H24ClNO3. The molecule has 0 atom stereocenters. The fourth-order valence-electron chi connectivity index (χ4n) is 2.81. The van der Waals surface area contributed by atoms with Crippen molar-refractivity contribution >= 4 is 28.3 Å². The van der Waals surface area contributed by atoms with E-state index in [0.29, 0.717) is 29.2 Å². The van der Waals surface area contributed by atoms with Gasteiger partial charge in [-0.15, -0.1) is 0 Å². The van der Waals surface area contributed by atoms with Crippen molar-refractivity contribution in [3.8, 4) is 5.75 Å². The van der Waals surface area contributed by atoms with E-state index in [1.165, 1.54) is 0 Å². The van der Waals surface area contributed by atoms with Gasteiger partial charge in [0.1, 0.15) is 11.5 Å². The number of benzene rings is 1. The number of fused-ring (bicyclic) bond motifs is 1. The van der Waals surface area contributed by atoms with E-state index in [2.05, 4.69) is 11.6 Å². The molecule has 2 rings (SSSR count). The standard InChI is InChI=1S/C21H24ClNO3/c1-6-15(22)11-20(26-5)13(2)7-9-18(24)17-12-23-21-14(3)19(25-4)10-8-16(17)21/h6,8,10-12,23H,2,7,9H2,1,3-5H3/b15-6+,20-11+. The lowest BCUT2D eigenvalue weighted by molar-refractivity contribution is 0.0984. The molecule has 0 fully saturated rings. The molecule has 26 heavy (non-hydrogen) atoms. The van der Waals surface area contributed by atoms with Gasteiger partial charge in [0.25, 0.3) is 0 Å². The predicted molar refractivity (Wildman–Crippen MR) is 107 cm³/mol. The summed E-state index contributed by atoms with van der Waals surface area (Å²) in [6.45, 7) is 7.82. The molecule has 5 heteroatoms. The Morgan fingerprint density at radius 3 is 2.65 bits per heavy atom. The Hall–Kier alpha value is -2.46. The quantitative estimate of drug-likeness (QED) is 0.368. The van der Waals surface area contributed by atoms with E-state index >= 15 is 0 Å². The molecule has 0 aliphatic heterocycles. The SMILES string of the molecule is C=C(CCC(=O)c1c[nH]c2c(C)c(OC)ccc12)/C(=C\C(Cl)=C/C)OC. The van der Waals surface area contributed by atoms with Gasteiger partial charge in [0, 0.05) is 34.2 Å². The van der Waals surface area contributed by atoms with E-state index < -0.39 is 0 Å². The lowest BCUT2D eigenvalue weighted by Gasteiger charge is -2.09. The van der Waals surface area contributed by atoms with E-state index in [1.807, 2.05) is 26.0 Å². The first-order valence-corrected chi connectivity index (χ1v) is 8.74. The van der Waals surface area contributed by atoms with Gasteiger partial charge >= 0.3 is 0 Å². The van der Waals surface area contributed by atoms with Gasteiger partial charge in [-0.3, -0.25) is 4.79 Å². The maximum Gasteiger partial charge on any atom is 0.165 e. The third-order valence-corrected chi connectivity index (χ3v) is 4.68. The lowest BCUT2D eigenvalue weighted by atomic mass is 10.0. The summed E-state index contributed by atoms with van der Waals surface area (Å²) in [4.78, 5) is 15.9. The molecule has 4 nitrogen and oxygen atoms in total. The average Bonchev–Trinajstić information content (AvgIpc) is 3.09. The minimum Gasteiger partial charge on any atom is -0.496 e. The molecule has 1 aromatic heterocycles. The number of aromatic amines is 1. The number of nitrogens with one attached hydrogen (secondary N) is 1. The number of methoxy groups -OCH3 is 2. The van der Waals surface area contributed by atoms with Crippen LogP contribution in [0.15, 0.2) is 53.4 Å². The van der Waals surface area contributed by atoms with E-state index in [0.717, 1.165) is 27.8 Å². The van der Waals surface area contributed by atoms with Gasteiger partial charge < -0.3 is 14.5 Å². The van der Waals surface area contributed by atoms with Crippen LogP contribution in [-0.2, 0) is 4.74 Å². The number of carbonyl (C=O) groups excluding carboxylic acids is 1. The van der Waals surface area contributed by atoms with Crippen LogP contribution in [0.1, 0.15) is 35.7 Å². The van der Waals surface area contributed by atoms with Gasteiger partial charge in [-0.2, -0.15) is 0 Å².